The third-order valence-corrected chi connectivity index (χ3v) is 3.00. The second kappa shape index (κ2) is 5.00. The van der Waals surface area contributed by atoms with Gasteiger partial charge in [-0.15, -0.1) is 0 Å². The van der Waals surface area contributed by atoms with E-state index in [2.05, 4.69) is 20.2 Å². The molecule has 3 N–H and O–H groups in total. The number of methoxy groups -OCH3 is 1. The van der Waals surface area contributed by atoms with E-state index >= 15 is 0 Å². The van der Waals surface area contributed by atoms with E-state index < -0.39 is 0 Å². The monoisotopic (exact) mass is 267 g/mol. The Morgan fingerprint density at radius 3 is 2.70 bits per heavy atom. The number of pyridine rings is 2. The lowest BCUT2D eigenvalue weighted by molar-refractivity contribution is 0.399. The van der Waals surface area contributed by atoms with E-state index in [1.165, 1.54) is 0 Å². The van der Waals surface area contributed by atoms with Crippen molar-refractivity contribution in [2.75, 3.05) is 12.8 Å². The highest BCUT2D eigenvalue weighted by molar-refractivity contribution is 5.88. The summed E-state index contributed by atoms with van der Waals surface area (Å²) in [6, 6.07) is 7.51. The quantitative estimate of drug-likeness (QED) is 0.758. The second-order valence-corrected chi connectivity index (χ2v) is 4.15. The molecular weight excluding hydrogens is 254 g/mol. The van der Waals surface area contributed by atoms with Crippen molar-refractivity contribution in [3.8, 4) is 28.3 Å². The van der Waals surface area contributed by atoms with Crippen LogP contribution >= 0.6 is 0 Å². The third-order valence-electron chi connectivity index (χ3n) is 3.00. The van der Waals surface area contributed by atoms with Crippen molar-refractivity contribution < 1.29 is 4.74 Å². The molecule has 0 bridgehead atoms. The lowest BCUT2D eigenvalue weighted by atomic mass is 10.0. The highest BCUT2D eigenvalue weighted by atomic mass is 16.5. The summed E-state index contributed by atoms with van der Waals surface area (Å²) < 4.78 is 5.29. The van der Waals surface area contributed by atoms with E-state index in [9.17, 15) is 0 Å². The summed E-state index contributed by atoms with van der Waals surface area (Å²) in [6.45, 7) is 0. The van der Waals surface area contributed by atoms with Crippen molar-refractivity contribution in [2.24, 2.45) is 0 Å². The lowest BCUT2D eigenvalue weighted by Crippen LogP contribution is -1.93. The van der Waals surface area contributed by atoms with Crippen LogP contribution < -0.4 is 10.5 Å². The summed E-state index contributed by atoms with van der Waals surface area (Å²) in [7, 11) is 1.58. The van der Waals surface area contributed by atoms with Crippen LogP contribution in [-0.2, 0) is 0 Å². The Morgan fingerprint density at radius 1 is 1.15 bits per heavy atom. The normalized spacial score (nSPS) is 10.4. The van der Waals surface area contributed by atoms with Crippen molar-refractivity contribution in [1.29, 1.82) is 0 Å². The average molecular weight is 267 g/mol. The minimum Gasteiger partial charge on any atom is -0.481 e. The Kier molecular flexibility index (Phi) is 3.04. The van der Waals surface area contributed by atoms with Crippen LogP contribution in [0.3, 0.4) is 0 Å². The first kappa shape index (κ1) is 12.2. The first-order valence-corrected chi connectivity index (χ1v) is 6.05. The van der Waals surface area contributed by atoms with Crippen LogP contribution in [0, 0.1) is 0 Å². The fraction of sp³-hybridized carbons (Fsp3) is 0.0714. The van der Waals surface area contributed by atoms with Gasteiger partial charge in [0.15, 0.2) is 5.82 Å². The molecule has 3 rings (SSSR count). The fourth-order valence-corrected chi connectivity index (χ4v) is 2.11. The number of anilines is 1. The number of aromatic amines is 1. The Bertz CT molecular complexity index is 723. The number of rotatable bonds is 3. The molecule has 0 unspecified atom stereocenters. The van der Waals surface area contributed by atoms with Gasteiger partial charge in [-0.05, 0) is 29.8 Å². The summed E-state index contributed by atoms with van der Waals surface area (Å²) >= 11 is 0. The van der Waals surface area contributed by atoms with Gasteiger partial charge in [-0.1, -0.05) is 0 Å². The molecular formula is C14H13N5O. The van der Waals surface area contributed by atoms with Gasteiger partial charge in [0, 0.05) is 18.6 Å². The van der Waals surface area contributed by atoms with E-state index in [0.29, 0.717) is 11.7 Å². The number of ether oxygens (including phenoxy) is 1. The standard InChI is InChI=1S/C14H13N5O/c1-20-14-10(3-2-6-17-14)12-11(13(15)19-18-12)9-4-7-16-8-5-9/h2-8H,1H3,(H3,15,18,19). The number of hydrogen-bond donors (Lipinski definition) is 2. The minimum atomic E-state index is 0.428. The number of aromatic nitrogens is 4. The van der Waals surface area contributed by atoms with E-state index in [0.717, 1.165) is 22.4 Å². The lowest BCUT2D eigenvalue weighted by Gasteiger charge is -2.07. The summed E-state index contributed by atoms with van der Waals surface area (Å²) in [5.74, 6) is 0.948. The van der Waals surface area contributed by atoms with E-state index in [1.807, 2.05) is 24.3 Å². The van der Waals surface area contributed by atoms with Crippen LogP contribution in [0.1, 0.15) is 0 Å². The molecule has 0 aliphatic heterocycles. The molecule has 0 spiro atoms. The van der Waals surface area contributed by atoms with E-state index in [-0.39, 0.29) is 0 Å². The van der Waals surface area contributed by atoms with Gasteiger partial charge in [-0.3, -0.25) is 10.1 Å². The highest BCUT2D eigenvalue weighted by Gasteiger charge is 2.17. The summed E-state index contributed by atoms with van der Waals surface area (Å²) in [4.78, 5) is 8.21. The van der Waals surface area contributed by atoms with Gasteiger partial charge in [0.25, 0.3) is 0 Å². The predicted molar refractivity (Wildman–Crippen MR) is 76.0 cm³/mol. The van der Waals surface area contributed by atoms with Gasteiger partial charge in [0.2, 0.25) is 5.88 Å². The average Bonchev–Trinajstić information content (AvgIpc) is 2.89. The zero-order valence-electron chi connectivity index (χ0n) is 10.9. The third kappa shape index (κ3) is 1.97. The maximum absolute atomic E-state index is 5.98. The molecule has 0 saturated carbocycles. The van der Waals surface area contributed by atoms with E-state index in [1.54, 1.807) is 25.7 Å². The molecule has 3 aromatic heterocycles. The van der Waals surface area contributed by atoms with Gasteiger partial charge in [0.1, 0.15) is 0 Å². The largest absolute Gasteiger partial charge is 0.481 e. The van der Waals surface area contributed by atoms with Gasteiger partial charge < -0.3 is 10.5 Å². The van der Waals surface area contributed by atoms with Crippen LogP contribution in [0.25, 0.3) is 22.4 Å². The van der Waals surface area contributed by atoms with Crippen LogP contribution in [-0.4, -0.2) is 27.3 Å². The molecule has 0 saturated heterocycles. The fourth-order valence-electron chi connectivity index (χ4n) is 2.11. The first-order valence-electron chi connectivity index (χ1n) is 6.05. The molecule has 0 aliphatic rings. The van der Waals surface area contributed by atoms with Crippen LogP contribution in [0.15, 0.2) is 42.9 Å². The molecule has 100 valence electrons. The van der Waals surface area contributed by atoms with Crippen molar-refractivity contribution in [3.05, 3.63) is 42.9 Å². The second-order valence-electron chi connectivity index (χ2n) is 4.15. The topological polar surface area (TPSA) is 89.7 Å². The number of hydrogen-bond acceptors (Lipinski definition) is 5. The van der Waals surface area contributed by atoms with Crippen molar-refractivity contribution in [1.82, 2.24) is 20.2 Å². The number of H-pyrrole nitrogens is 1. The highest BCUT2D eigenvalue weighted by Crippen LogP contribution is 2.37. The van der Waals surface area contributed by atoms with Crippen molar-refractivity contribution in [2.45, 2.75) is 0 Å². The molecule has 6 heteroatoms. The molecule has 6 nitrogen and oxygen atoms in total. The Morgan fingerprint density at radius 2 is 1.95 bits per heavy atom. The SMILES string of the molecule is COc1ncccc1-c1[nH]nc(N)c1-c1ccncc1. The number of nitrogen functional groups attached to an aromatic ring is 1. The van der Waals surface area contributed by atoms with Crippen molar-refractivity contribution in [3.63, 3.8) is 0 Å². The molecule has 20 heavy (non-hydrogen) atoms. The molecule has 0 amide bonds. The molecule has 0 aliphatic carbocycles. The summed E-state index contributed by atoms with van der Waals surface area (Å²) in [6.07, 6.45) is 5.10. The Balaban J connectivity index is 2.22. The number of nitrogens with one attached hydrogen (secondary N) is 1. The van der Waals surface area contributed by atoms with E-state index in [4.69, 9.17) is 10.5 Å². The molecule has 3 heterocycles. The smallest absolute Gasteiger partial charge is 0.222 e. The maximum atomic E-state index is 5.98. The summed E-state index contributed by atoms with van der Waals surface area (Å²) in [5.41, 5.74) is 9.32. The summed E-state index contributed by atoms with van der Waals surface area (Å²) in [5, 5.41) is 7.04. The number of nitrogens with two attached hydrogens (primary N) is 1. The zero-order chi connectivity index (χ0) is 13.9. The van der Waals surface area contributed by atoms with Crippen LogP contribution in [0.2, 0.25) is 0 Å². The first-order chi connectivity index (χ1) is 9.81. The molecule has 0 fully saturated rings. The van der Waals surface area contributed by atoms with Crippen LogP contribution in [0.5, 0.6) is 5.88 Å². The molecule has 0 radical (unpaired) electrons. The van der Waals surface area contributed by atoms with Gasteiger partial charge in [-0.25, -0.2) is 4.98 Å². The van der Waals surface area contributed by atoms with Gasteiger partial charge in [-0.2, -0.15) is 5.10 Å². The zero-order valence-corrected chi connectivity index (χ0v) is 10.9. The number of nitrogens with zero attached hydrogens (tertiary/aromatic N) is 3. The van der Waals surface area contributed by atoms with Gasteiger partial charge >= 0.3 is 0 Å². The minimum absolute atomic E-state index is 0.428. The van der Waals surface area contributed by atoms with Gasteiger partial charge in [0.05, 0.1) is 23.9 Å². The predicted octanol–water partition coefficient (Wildman–Crippen LogP) is 2.12. The molecule has 3 aromatic rings. The maximum Gasteiger partial charge on any atom is 0.222 e. The van der Waals surface area contributed by atoms with Crippen molar-refractivity contribution >= 4 is 5.82 Å². The Hall–Kier alpha value is -2.89. The van der Waals surface area contributed by atoms with Crippen LogP contribution in [0.4, 0.5) is 5.82 Å². The Labute approximate surface area is 115 Å². The molecule has 0 atom stereocenters. The molecule has 0 aromatic carbocycles.